The highest BCUT2D eigenvalue weighted by Gasteiger charge is 2.12. The van der Waals surface area contributed by atoms with Crippen LogP contribution in [0.5, 0.6) is 0 Å². The van der Waals surface area contributed by atoms with Crippen molar-refractivity contribution >= 4 is 10.9 Å². The van der Waals surface area contributed by atoms with E-state index >= 15 is 0 Å². The molecule has 18 heavy (non-hydrogen) atoms. The Hall–Kier alpha value is -1.67. The van der Waals surface area contributed by atoms with E-state index in [-0.39, 0.29) is 0 Å². The van der Waals surface area contributed by atoms with Crippen LogP contribution < -0.4 is 0 Å². The molecule has 0 saturated heterocycles. The Morgan fingerprint density at radius 3 is 2.83 bits per heavy atom. The van der Waals surface area contributed by atoms with Gasteiger partial charge in [-0.1, -0.05) is 37.3 Å². The zero-order valence-corrected chi connectivity index (χ0v) is 11.0. The Bertz CT molecular complexity index is 574. The van der Waals surface area contributed by atoms with Gasteiger partial charge >= 0.3 is 0 Å². The quantitative estimate of drug-likeness (QED) is 0.823. The van der Waals surface area contributed by atoms with Crippen LogP contribution in [0.15, 0.2) is 42.5 Å². The topological polar surface area (TPSA) is 33.1 Å². The standard InChI is InChI=1S/C16H19NO/c1-4-11(2)9-16(18)15-10-12(3)13-7-5-6-8-14(13)17-15/h5-8,10,16,18H,2,4,9H2,1,3H3. The molecule has 0 amide bonds. The van der Waals surface area contributed by atoms with Crippen molar-refractivity contribution in [3.8, 4) is 0 Å². The highest BCUT2D eigenvalue weighted by atomic mass is 16.3. The number of aliphatic hydroxyl groups excluding tert-OH is 1. The lowest BCUT2D eigenvalue weighted by Gasteiger charge is -2.13. The number of aromatic nitrogens is 1. The van der Waals surface area contributed by atoms with Crippen LogP contribution in [0, 0.1) is 6.92 Å². The molecule has 0 spiro atoms. The molecule has 2 heteroatoms. The van der Waals surface area contributed by atoms with E-state index in [0.29, 0.717) is 6.42 Å². The van der Waals surface area contributed by atoms with Crippen molar-refractivity contribution in [2.45, 2.75) is 32.8 Å². The Labute approximate surface area is 108 Å². The summed E-state index contributed by atoms with van der Waals surface area (Å²) in [6, 6.07) is 9.98. The normalized spacial score (nSPS) is 12.6. The van der Waals surface area contributed by atoms with Gasteiger partial charge in [-0.2, -0.15) is 0 Å². The van der Waals surface area contributed by atoms with Gasteiger partial charge in [0.15, 0.2) is 0 Å². The highest BCUT2D eigenvalue weighted by molar-refractivity contribution is 5.82. The van der Waals surface area contributed by atoms with Crippen LogP contribution in [0.2, 0.25) is 0 Å². The number of pyridine rings is 1. The first kappa shape index (κ1) is 12.8. The first-order valence-corrected chi connectivity index (χ1v) is 6.32. The monoisotopic (exact) mass is 241 g/mol. The summed E-state index contributed by atoms with van der Waals surface area (Å²) >= 11 is 0. The zero-order valence-electron chi connectivity index (χ0n) is 11.0. The number of aliphatic hydroxyl groups is 1. The fraction of sp³-hybridized carbons (Fsp3) is 0.312. The largest absolute Gasteiger partial charge is 0.386 e. The van der Waals surface area contributed by atoms with E-state index in [1.54, 1.807) is 0 Å². The number of aryl methyl sites for hydroxylation is 1. The Kier molecular flexibility index (Phi) is 3.78. The van der Waals surface area contributed by atoms with Crippen molar-refractivity contribution in [2.24, 2.45) is 0 Å². The lowest BCUT2D eigenvalue weighted by molar-refractivity contribution is 0.173. The number of para-hydroxylation sites is 1. The van der Waals surface area contributed by atoms with Crippen LogP contribution in [0.4, 0.5) is 0 Å². The summed E-state index contributed by atoms with van der Waals surface area (Å²) in [5.74, 6) is 0. The highest BCUT2D eigenvalue weighted by Crippen LogP contribution is 2.24. The molecule has 1 N–H and O–H groups in total. The van der Waals surface area contributed by atoms with Gasteiger partial charge in [-0.05, 0) is 37.5 Å². The summed E-state index contributed by atoms with van der Waals surface area (Å²) in [6.45, 7) is 8.04. The minimum absolute atomic E-state index is 0.555. The minimum Gasteiger partial charge on any atom is -0.386 e. The van der Waals surface area contributed by atoms with E-state index in [1.165, 1.54) is 0 Å². The molecule has 0 aliphatic rings. The molecule has 2 nitrogen and oxygen atoms in total. The summed E-state index contributed by atoms with van der Waals surface area (Å²) in [5.41, 5.74) is 3.88. The fourth-order valence-electron chi connectivity index (χ4n) is 2.07. The summed E-state index contributed by atoms with van der Waals surface area (Å²) in [6.07, 6.45) is 0.922. The number of nitrogens with zero attached hydrogens (tertiary/aromatic N) is 1. The molecule has 0 fully saturated rings. The second-order valence-electron chi connectivity index (χ2n) is 4.70. The van der Waals surface area contributed by atoms with Crippen molar-refractivity contribution in [3.63, 3.8) is 0 Å². The van der Waals surface area contributed by atoms with Crippen LogP contribution in [-0.2, 0) is 0 Å². The number of hydrogen-bond acceptors (Lipinski definition) is 2. The number of benzene rings is 1. The van der Waals surface area contributed by atoms with Gasteiger partial charge in [0.2, 0.25) is 0 Å². The maximum Gasteiger partial charge on any atom is 0.0996 e. The van der Waals surface area contributed by atoms with Gasteiger partial charge in [-0.3, -0.25) is 4.98 Å². The van der Waals surface area contributed by atoms with Gasteiger partial charge in [0.1, 0.15) is 0 Å². The lowest BCUT2D eigenvalue weighted by Crippen LogP contribution is -2.02. The molecule has 1 atom stereocenters. The number of rotatable bonds is 4. The smallest absolute Gasteiger partial charge is 0.0996 e. The van der Waals surface area contributed by atoms with E-state index in [9.17, 15) is 5.11 Å². The molecular weight excluding hydrogens is 222 g/mol. The van der Waals surface area contributed by atoms with E-state index in [4.69, 9.17) is 0 Å². The van der Waals surface area contributed by atoms with Crippen molar-refractivity contribution < 1.29 is 5.11 Å². The molecule has 94 valence electrons. The molecule has 0 saturated carbocycles. The van der Waals surface area contributed by atoms with Gasteiger partial charge in [0.25, 0.3) is 0 Å². The summed E-state index contributed by atoms with van der Waals surface area (Å²) in [4.78, 5) is 4.53. The predicted molar refractivity (Wildman–Crippen MR) is 75.5 cm³/mol. The first-order chi connectivity index (χ1) is 8.61. The SMILES string of the molecule is C=C(CC)CC(O)c1cc(C)c2ccccc2n1. The van der Waals surface area contributed by atoms with Crippen LogP contribution >= 0.6 is 0 Å². The maximum atomic E-state index is 10.2. The van der Waals surface area contributed by atoms with Crippen LogP contribution in [-0.4, -0.2) is 10.1 Å². The molecular formula is C16H19NO. The maximum absolute atomic E-state index is 10.2. The van der Waals surface area contributed by atoms with Crippen molar-refractivity contribution in [2.75, 3.05) is 0 Å². The van der Waals surface area contributed by atoms with E-state index < -0.39 is 6.10 Å². The molecule has 1 aromatic carbocycles. The number of hydrogen-bond donors (Lipinski definition) is 1. The van der Waals surface area contributed by atoms with Crippen LogP contribution in [0.25, 0.3) is 10.9 Å². The third-order valence-corrected chi connectivity index (χ3v) is 3.27. The van der Waals surface area contributed by atoms with E-state index in [1.807, 2.05) is 31.2 Å². The molecule has 2 rings (SSSR count). The second-order valence-corrected chi connectivity index (χ2v) is 4.70. The van der Waals surface area contributed by atoms with Gasteiger partial charge in [0, 0.05) is 5.39 Å². The zero-order chi connectivity index (χ0) is 13.1. The lowest BCUT2D eigenvalue weighted by atomic mass is 10.0. The minimum atomic E-state index is -0.555. The molecule has 2 aromatic rings. The van der Waals surface area contributed by atoms with Crippen molar-refractivity contribution in [1.29, 1.82) is 0 Å². The molecule has 0 radical (unpaired) electrons. The summed E-state index contributed by atoms with van der Waals surface area (Å²) in [5, 5.41) is 11.3. The van der Waals surface area contributed by atoms with Crippen LogP contribution in [0.1, 0.15) is 37.1 Å². The molecule has 0 aliphatic carbocycles. The third-order valence-electron chi connectivity index (χ3n) is 3.27. The van der Waals surface area contributed by atoms with E-state index in [0.717, 1.165) is 34.2 Å². The average molecular weight is 241 g/mol. The Balaban J connectivity index is 2.37. The third kappa shape index (κ3) is 2.59. The molecule has 0 aliphatic heterocycles. The average Bonchev–Trinajstić information content (AvgIpc) is 2.38. The predicted octanol–water partition coefficient (Wildman–Crippen LogP) is 3.93. The fourth-order valence-corrected chi connectivity index (χ4v) is 2.07. The summed E-state index contributed by atoms with van der Waals surface area (Å²) < 4.78 is 0. The first-order valence-electron chi connectivity index (χ1n) is 6.32. The molecule has 0 bridgehead atoms. The van der Waals surface area contributed by atoms with Gasteiger partial charge < -0.3 is 5.11 Å². The van der Waals surface area contributed by atoms with Gasteiger partial charge in [-0.25, -0.2) is 0 Å². The molecule has 1 aromatic heterocycles. The Morgan fingerprint density at radius 1 is 1.39 bits per heavy atom. The van der Waals surface area contributed by atoms with E-state index in [2.05, 4.69) is 24.6 Å². The second kappa shape index (κ2) is 5.32. The van der Waals surface area contributed by atoms with Gasteiger partial charge in [0.05, 0.1) is 17.3 Å². The Morgan fingerprint density at radius 2 is 2.11 bits per heavy atom. The number of fused-ring (bicyclic) bond motifs is 1. The van der Waals surface area contributed by atoms with Crippen molar-refractivity contribution in [1.82, 2.24) is 4.98 Å². The molecule has 1 heterocycles. The van der Waals surface area contributed by atoms with Crippen molar-refractivity contribution in [3.05, 3.63) is 53.7 Å². The van der Waals surface area contributed by atoms with Gasteiger partial charge in [-0.15, -0.1) is 0 Å². The molecule has 1 unspecified atom stereocenters. The summed E-state index contributed by atoms with van der Waals surface area (Å²) in [7, 11) is 0. The van der Waals surface area contributed by atoms with Crippen LogP contribution in [0.3, 0.4) is 0 Å².